The quantitative estimate of drug-likeness (QED) is 0.0649. The van der Waals surface area contributed by atoms with Crippen molar-refractivity contribution in [1.29, 1.82) is 0 Å². The van der Waals surface area contributed by atoms with Crippen LogP contribution in [0.5, 0.6) is 11.5 Å². The molecule has 0 bridgehead atoms. The summed E-state index contributed by atoms with van der Waals surface area (Å²) in [7, 11) is 7.21. The van der Waals surface area contributed by atoms with Gasteiger partial charge >= 0.3 is 5.97 Å². The Morgan fingerprint density at radius 2 is 1.00 bits per heavy atom. The van der Waals surface area contributed by atoms with Crippen molar-refractivity contribution in [3.63, 3.8) is 0 Å². The Labute approximate surface area is 446 Å². The van der Waals surface area contributed by atoms with E-state index in [1.54, 1.807) is 59.1 Å². The summed E-state index contributed by atoms with van der Waals surface area (Å²) in [5, 5.41) is 11.3. The maximum atomic E-state index is 13.1. The van der Waals surface area contributed by atoms with Gasteiger partial charge in [-0.25, -0.2) is 21.6 Å². The maximum absolute atomic E-state index is 13.1. The van der Waals surface area contributed by atoms with E-state index in [1.165, 1.54) is 44.0 Å². The van der Waals surface area contributed by atoms with Gasteiger partial charge < -0.3 is 54.7 Å². The smallest absolute Gasteiger partial charge is 0.329 e. The van der Waals surface area contributed by atoms with Crippen LogP contribution in [0.3, 0.4) is 0 Å². The summed E-state index contributed by atoms with van der Waals surface area (Å²) in [4.78, 5) is 32.6. The van der Waals surface area contributed by atoms with Gasteiger partial charge in [0.15, 0.2) is 0 Å². The molecule has 1 amide bonds. The van der Waals surface area contributed by atoms with E-state index in [0.717, 1.165) is 60.7 Å². The number of carboxylic acid groups (broad SMARTS) is 1. The van der Waals surface area contributed by atoms with Gasteiger partial charge in [-0.15, -0.1) is 0 Å². The molecular weight excluding hydrogens is 1000 g/mol. The van der Waals surface area contributed by atoms with Gasteiger partial charge in [0, 0.05) is 88.2 Å². The molecule has 0 aromatic heterocycles. The number of methoxy groups -OCH3 is 2. The highest BCUT2D eigenvalue weighted by Gasteiger charge is 2.28. The van der Waals surface area contributed by atoms with Crippen LogP contribution in [-0.4, -0.2) is 187 Å². The number of amides is 1. The van der Waals surface area contributed by atoms with Crippen LogP contribution in [0.4, 0.5) is 22.7 Å². The summed E-state index contributed by atoms with van der Waals surface area (Å²) in [5.41, 5.74) is 12.1. The van der Waals surface area contributed by atoms with Gasteiger partial charge in [0.25, 0.3) is 0 Å². The Hall–Kier alpha value is -5.52. The van der Waals surface area contributed by atoms with Gasteiger partial charge in [0.1, 0.15) is 24.7 Å². The minimum atomic E-state index is -3.71. The zero-order valence-electron chi connectivity index (χ0n) is 46.1. The van der Waals surface area contributed by atoms with Gasteiger partial charge in [0.2, 0.25) is 26.0 Å². The Bertz CT molecular complexity index is 2660. The highest BCUT2D eigenvalue weighted by molar-refractivity contribution is 7.89. The minimum Gasteiger partial charge on any atom is -0.497 e. The second kappa shape index (κ2) is 29.1. The van der Waals surface area contributed by atoms with Crippen molar-refractivity contribution in [2.24, 2.45) is 0 Å². The highest BCUT2D eigenvalue weighted by atomic mass is 32.2. The zero-order chi connectivity index (χ0) is 55.6. The predicted octanol–water partition coefficient (Wildman–Crippen LogP) is 5.95. The molecule has 0 unspecified atom stereocenters. The molecule has 21 heteroatoms. The molecule has 6 rings (SSSR count). The number of likely N-dealkylation sites (N-methyl/N-ethyl adjacent to an activating group) is 2. The Morgan fingerprint density at radius 3 is 1.37 bits per heavy atom. The number of sulfonamides is 2. The lowest BCUT2D eigenvalue weighted by molar-refractivity contribution is -0.142. The van der Waals surface area contributed by atoms with E-state index in [9.17, 15) is 26.4 Å². The normalized spacial score (nSPS) is 14.6. The summed E-state index contributed by atoms with van der Waals surface area (Å²) in [6.45, 7) is 10.8. The zero-order valence-corrected chi connectivity index (χ0v) is 47.7. The third kappa shape index (κ3) is 18.3. The van der Waals surface area contributed by atoms with Crippen molar-refractivity contribution in [2.45, 2.75) is 75.3 Å². The molecule has 0 spiro atoms. The second-order valence-corrected chi connectivity index (χ2v) is 23.4. The molecule has 4 aromatic carbocycles. The van der Waals surface area contributed by atoms with Gasteiger partial charge in [-0.3, -0.25) is 4.79 Å². The van der Waals surface area contributed by atoms with Crippen molar-refractivity contribution < 1.29 is 50.5 Å². The molecule has 75 heavy (non-hydrogen) atoms. The fraction of sp³-hybridized carbons (Fsp3) is 0.519. The standard InChI is InChI=1S/C27H40N4O5S.C14H21NO6S.C13H21N3/c1-20-16-25(35-6)17-21(2)27(20)37(33,34)30(5)14-15-36-19-26(32)28-22-8-7-9-24(18-22)31-12-10-23(11-13-31)29(3)4;1-10-7-12(20-4)8-11(2)14(10)22(18,19)15(3)5-6-21-9-13(16)17;1-15(2)12-6-8-16(9-7-12)13-5-3-4-11(14)10-13/h7-9,16-18,23H,10-15,19H2,1-6H3,(H,28,32);7-8H,5-6,9H2,1-4H3,(H,16,17);3-5,10,12H,6-9,14H2,1-2H3. The van der Waals surface area contributed by atoms with Crippen LogP contribution in [-0.2, 0) is 39.1 Å². The van der Waals surface area contributed by atoms with E-state index >= 15 is 0 Å². The van der Waals surface area contributed by atoms with E-state index in [2.05, 4.69) is 71.3 Å². The summed E-state index contributed by atoms with van der Waals surface area (Å²) in [6, 6.07) is 24.1. The Balaban J connectivity index is 0.000000270. The predicted molar refractivity (Wildman–Crippen MR) is 298 cm³/mol. The Kier molecular flexibility index (Phi) is 24.1. The summed E-state index contributed by atoms with van der Waals surface area (Å²) in [5.74, 6) is -0.157. The van der Waals surface area contributed by atoms with Crippen LogP contribution in [0.1, 0.15) is 47.9 Å². The van der Waals surface area contributed by atoms with Crippen molar-refractivity contribution in [2.75, 3.05) is 143 Å². The molecular formula is C54H82N8O11S2. The first kappa shape index (κ1) is 62.0. The van der Waals surface area contributed by atoms with Crippen LogP contribution in [0.25, 0.3) is 0 Å². The lowest BCUT2D eigenvalue weighted by atomic mass is 10.0. The number of aliphatic carboxylic acids is 1. The number of ether oxygens (including phenoxy) is 4. The number of hydrogen-bond donors (Lipinski definition) is 3. The van der Waals surface area contributed by atoms with Crippen LogP contribution in [0.2, 0.25) is 0 Å². The molecule has 0 aliphatic carbocycles. The average Bonchev–Trinajstić information content (AvgIpc) is 3.36. The number of piperidine rings is 2. The number of nitrogens with two attached hydrogens (primary N) is 1. The molecule has 4 N–H and O–H groups in total. The Morgan fingerprint density at radius 1 is 0.613 bits per heavy atom. The second-order valence-electron chi connectivity index (χ2n) is 19.4. The van der Waals surface area contributed by atoms with Crippen LogP contribution in [0, 0.1) is 27.7 Å². The van der Waals surface area contributed by atoms with E-state index < -0.39 is 32.6 Å². The van der Waals surface area contributed by atoms with Gasteiger partial charge in [-0.2, -0.15) is 8.61 Å². The molecule has 2 fully saturated rings. The lowest BCUT2D eigenvalue weighted by Gasteiger charge is -2.36. The number of carboxylic acids is 1. The molecule has 2 heterocycles. The summed E-state index contributed by atoms with van der Waals surface area (Å²) in [6.07, 6.45) is 4.70. The van der Waals surface area contributed by atoms with E-state index in [0.29, 0.717) is 45.5 Å². The topological polar surface area (TPSA) is 217 Å². The first-order chi connectivity index (χ1) is 35.4. The number of rotatable bonds is 21. The molecule has 416 valence electrons. The summed E-state index contributed by atoms with van der Waals surface area (Å²) < 4.78 is 74.5. The molecule has 4 aromatic rings. The van der Waals surface area contributed by atoms with Crippen LogP contribution in [0.15, 0.2) is 82.6 Å². The highest BCUT2D eigenvalue weighted by Crippen LogP contribution is 2.30. The number of nitrogens with zero attached hydrogens (tertiary/aromatic N) is 6. The van der Waals surface area contributed by atoms with Gasteiger partial charge in [-0.05, 0) is 164 Å². The van der Waals surface area contributed by atoms with Crippen LogP contribution < -0.4 is 30.3 Å². The average molecular weight is 1080 g/mol. The fourth-order valence-electron chi connectivity index (χ4n) is 9.11. The van der Waals surface area contributed by atoms with Crippen molar-refractivity contribution in [1.82, 2.24) is 18.4 Å². The lowest BCUT2D eigenvalue weighted by Crippen LogP contribution is -2.42. The van der Waals surface area contributed by atoms with Crippen molar-refractivity contribution in [3.05, 3.63) is 95.1 Å². The summed E-state index contributed by atoms with van der Waals surface area (Å²) >= 11 is 0. The number of nitrogens with one attached hydrogen (secondary N) is 1. The first-order valence-corrected chi connectivity index (χ1v) is 28.0. The van der Waals surface area contributed by atoms with E-state index in [1.807, 2.05) is 30.3 Å². The third-order valence-corrected chi connectivity index (χ3v) is 17.7. The van der Waals surface area contributed by atoms with Crippen LogP contribution >= 0.6 is 0 Å². The van der Waals surface area contributed by atoms with Crippen molar-refractivity contribution in [3.8, 4) is 11.5 Å². The third-order valence-electron chi connectivity index (χ3n) is 13.4. The number of aryl methyl sites for hydroxylation is 4. The molecule has 2 saturated heterocycles. The maximum Gasteiger partial charge on any atom is 0.329 e. The monoisotopic (exact) mass is 1080 g/mol. The number of hydrogen-bond acceptors (Lipinski definition) is 15. The first-order valence-electron chi connectivity index (χ1n) is 25.1. The minimum absolute atomic E-state index is 0.0102. The molecule has 0 saturated carbocycles. The molecule has 0 radical (unpaired) electrons. The molecule has 2 aliphatic heterocycles. The SMILES string of the molecule is CN(C)C1CCN(c2cccc(N)c2)CC1.COc1cc(C)c(S(=O)(=O)N(C)CCOCC(=O)Nc2cccc(N3CCC(N(C)C)CC3)c2)c(C)c1.COc1cc(C)c(S(=O)(=O)N(C)CCOCC(=O)O)c(C)c1. The fourth-order valence-corrected chi connectivity index (χ4v) is 12.2. The van der Waals surface area contributed by atoms with E-state index in [-0.39, 0.29) is 48.6 Å². The molecule has 2 aliphatic rings. The van der Waals surface area contributed by atoms with Crippen molar-refractivity contribution >= 4 is 54.7 Å². The van der Waals surface area contributed by atoms with Gasteiger partial charge in [0.05, 0.1) is 37.2 Å². The van der Waals surface area contributed by atoms with Gasteiger partial charge in [-0.1, -0.05) is 12.1 Å². The molecule has 0 atom stereocenters. The molecule has 19 nitrogen and oxygen atoms in total. The number of carbonyl (C=O) groups is 2. The number of benzene rings is 4. The number of nitrogen functional groups attached to an aromatic ring is 1. The number of carbonyl (C=O) groups excluding carboxylic acids is 1. The largest absolute Gasteiger partial charge is 0.497 e. The number of anilines is 4. The van der Waals surface area contributed by atoms with E-state index in [4.69, 9.17) is 29.8 Å².